The number of hydrogen-bond acceptors (Lipinski definition) is 7. The molecule has 0 radical (unpaired) electrons. The van der Waals surface area contributed by atoms with Gasteiger partial charge in [0.05, 0.1) is 15.9 Å². The van der Waals surface area contributed by atoms with Gasteiger partial charge in [-0.15, -0.1) is 11.3 Å². The quantitative estimate of drug-likeness (QED) is 0.163. The molecule has 6 nitrogen and oxygen atoms in total. The minimum atomic E-state index is 0.596. The molecule has 0 aliphatic rings. The van der Waals surface area contributed by atoms with Crippen molar-refractivity contribution in [3.8, 4) is 79.1 Å². The van der Waals surface area contributed by atoms with Gasteiger partial charge in [-0.05, 0) is 40.5 Å². The highest BCUT2D eigenvalue weighted by Gasteiger charge is 2.18. The lowest BCUT2D eigenvalue weighted by Crippen LogP contribution is -2.00. The zero-order valence-electron chi connectivity index (χ0n) is 29.4. The van der Waals surface area contributed by atoms with E-state index in [1.807, 2.05) is 54.7 Å². The minimum Gasteiger partial charge on any atom is -0.245 e. The largest absolute Gasteiger partial charge is 0.245 e. The summed E-state index contributed by atoms with van der Waals surface area (Å²) < 4.78 is 0.998. The molecule has 0 saturated heterocycles. The van der Waals surface area contributed by atoms with Gasteiger partial charge in [0.2, 0.25) is 0 Å². The van der Waals surface area contributed by atoms with Crippen molar-refractivity contribution in [3.05, 3.63) is 182 Å². The van der Waals surface area contributed by atoms with Crippen molar-refractivity contribution in [3.63, 3.8) is 0 Å². The number of pyridine rings is 1. The number of rotatable bonds is 7. The Kier molecular flexibility index (Phi) is 8.24. The van der Waals surface area contributed by atoms with E-state index in [2.05, 4.69) is 132 Å². The summed E-state index contributed by atoms with van der Waals surface area (Å²) in [6.45, 7) is 0. The summed E-state index contributed by atoms with van der Waals surface area (Å²) in [5, 5.41) is 1.02. The van der Waals surface area contributed by atoms with Crippen LogP contribution in [-0.4, -0.2) is 29.9 Å². The van der Waals surface area contributed by atoms with Crippen molar-refractivity contribution in [2.45, 2.75) is 0 Å². The molecule has 10 aromatic rings. The van der Waals surface area contributed by atoms with E-state index in [0.29, 0.717) is 23.3 Å². The number of hydrogen-bond donors (Lipinski definition) is 0. The predicted octanol–water partition coefficient (Wildman–Crippen LogP) is 12.1. The van der Waals surface area contributed by atoms with Crippen LogP contribution in [0.5, 0.6) is 0 Å². The summed E-state index contributed by atoms with van der Waals surface area (Å²) in [6.07, 6.45) is 1.83. The van der Waals surface area contributed by atoms with Crippen LogP contribution in [-0.2, 0) is 0 Å². The Balaban J connectivity index is 1.07. The second-order valence-electron chi connectivity index (χ2n) is 13.2. The highest BCUT2D eigenvalue weighted by Crippen LogP contribution is 2.39. The van der Waals surface area contributed by atoms with Gasteiger partial charge in [0.15, 0.2) is 23.3 Å². The van der Waals surface area contributed by atoms with Crippen LogP contribution >= 0.6 is 11.3 Å². The average Bonchev–Trinajstić information content (AvgIpc) is 3.66. The van der Waals surface area contributed by atoms with Gasteiger partial charge in [-0.25, -0.2) is 29.9 Å². The molecule has 0 unspecified atom stereocenters. The number of nitrogens with zero attached hydrogens (tertiary/aromatic N) is 6. The Morgan fingerprint density at radius 3 is 1.42 bits per heavy atom. The van der Waals surface area contributed by atoms with E-state index in [1.165, 1.54) is 5.56 Å². The summed E-state index contributed by atoms with van der Waals surface area (Å²) in [5.41, 5.74) is 11.0. The molecule has 0 amide bonds. The molecule has 258 valence electrons. The topological polar surface area (TPSA) is 77.3 Å². The van der Waals surface area contributed by atoms with Crippen LogP contribution < -0.4 is 0 Å². The molecule has 0 fully saturated rings. The summed E-state index contributed by atoms with van der Waals surface area (Å²) >= 11 is 1.62. The smallest absolute Gasteiger partial charge is 0.164 e. The zero-order chi connectivity index (χ0) is 36.6. The van der Waals surface area contributed by atoms with Gasteiger partial charge < -0.3 is 0 Å². The van der Waals surface area contributed by atoms with E-state index in [-0.39, 0.29) is 0 Å². The predicted molar refractivity (Wildman–Crippen MR) is 224 cm³/mol. The molecular formula is C48H30N6S. The molecule has 0 N–H and O–H groups in total. The molecular weight excluding hydrogens is 693 g/mol. The van der Waals surface area contributed by atoms with Crippen LogP contribution in [0.15, 0.2) is 182 Å². The summed E-state index contributed by atoms with van der Waals surface area (Å²) in [5.74, 6) is 2.50. The molecule has 0 atom stereocenters. The number of aromatic nitrogens is 6. The van der Waals surface area contributed by atoms with Gasteiger partial charge >= 0.3 is 0 Å². The maximum atomic E-state index is 5.21. The first kappa shape index (κ1) is 32.4. The maximum Gasteiger partial charge on any atom is 0.164 e. The van der Waals surface area contributed by atoms with Crippen LogP contribution in [0, 0.1) is 0 Å². The maximum absolute atomic E-state index is 5.21. The van der Waals surface area contributed by atoms with Gasteiger partial charge in [-0.1, -0.05) is 158 Å². The fraction of sp³-hybridized carbons (Fsp3) is 0. The van der Waals surface area contributed by atoms with Crippen LogP contribution in [0.4, 0.5) is 0 Å². The molecule has 4 heterocycles. The second-order valence-corrected chi connectivity index (χ2v) is 14.2. The molecule has 10 rings (SSSR count). The SMILES string of the molecule is c1ccc(-c2ccc(-c3nc(-c4ccc(-c5nc(-c6ccccc6)nc(-c6cccc(-c7ccccc7)c6)n5)cc4)c4sc5ncccc5c4n3)cc2)cc1. The highest BCUT2D eigenvalue weighted by atomic mass is 32.1. The second kappa shape index (κ2) is 14.0. The van der Waals surface area contributed by atoms with Crippen molar-refractivity contribution in [1.29, 1.82) is 0 Å². The average molecular weight is 723 g/mol. The Bertz CT molecular complexity index is 2950. The van der Waals surface area contributed by atoms with E-state index in [0.717, 1.165) is 70.6 Å². The lowest BCUT2D eigenvalue weighted by molar-refractivity contribution is 1.07. The zero-order valence-corrected chi connectivity index (χ0v) is 30.2. The van der Waals surface area contributed by atoms with E-state index >= 15 is 0 Å². The number of fused-ring (bicyclic) bond motifs is 3. The first-order chi connectivity index (χ1) is 27.2. The van der Waals surface area contributed by atoms with Crippen LogP contribution in [0.2, 0.25) is 0 Å². The first-order valence-corrected chi connectivity index (χ1v) is 18.8. The molecule has 7 heteroatoms. The summed E-state index contributed by atoms with van der Waals surface area (Å²) in [6, 6.07) is 60.0. The summed E-state index contributed by atoms with van der Waals surface area (Å²) in [7, 11) is 0. The van der Waals surface area contributed by atoms with Crippen LogP contribution in [0.1, 0.15) is 0 Å². The Hall–Kier alpha value is -7.22. The summed E-state index contributed by atoms with van der Waals surface area (Å²) in [4.78, 5) is 30.9. The van der Waals surface area contributed by atoms with Gasteiger partial charge in [-0.3, -0.25) is 0 Å². The Labute approximate surface area is 321 Å². The Morgan fingerprint density at radius 1 is 0.327 bits per heavy atom. The molecule has 0 spiro atoms. The fourth-order valence-electron chi connectivity index (χ4n) is 6.84. The van der Waals surface area contributed by atoms with E-state index < -0.39 is 0 Å². The van der Waals surface area contributed by atoms with Gasteiger partial charge in [0, 0.05) is 39.4 Å². The van der Waals surface area contributed by atoms with Gasteiger partial charge in [0.1, 0.15) is 4.83 Å². The normalized spacial score (nSPS) is 11.3. The standard InChI is InChI=1S/C48H30N6S/c1-4-12-31(13-5-1)33-21-25-36(26-22-33)44-50-41(43-42(51-44)40-20-11-29-49-48(40)55-43)34-23-27-37(28-24-34)46-52-45(35-16-8-3-9-17-35)53-47(54-46)39-19-10-18-38(30-39)32-14-6-2-7-15-32/h1-30H. The fourth-order valence-corrected chi connectivity index (χ4v) is 7.94. The minimum absolute atomic E-state index is 0.596. The van der Waals surface area contributed by atoms with Crippen molar-refractivity contribution < 1.29 is 0 Å². The van der Waals surface area contributed by atoms with Gasteiger partial charge in [-0.2, -0.15) is 0 Å². The van der Waals surface area contributed by atoms with Crippen LogP contribution in [0.25, 0.3) is 99.5 Å². The Morgan fingerprint density at radius 2 is 0.782 bits per heavy atom. The molecule has 6 aromatic carbocycles. The van der Waals surface area contributed by atoms with Crippen molar-refractivity contribution in [2.24, 2.45) is 0 Å². The highest BCUT2D eigenvalue weighted by molar-refractivity contribution is 7.25. The van der Waals surface area contributed by atoms with Crippen LogP contribution in [0.3, 0.4) is 0 Å². The van der Waals surface area contributed by atoms with Crippen molar-refractivity contribution in [2.75, 3.05) is 0 Å². The third kappa shape index (κ3) is 6.33. The van der Waals surface area contributed by atoms with Crippen molar-refractivity contribution in [1.82, 2.24) is 29.9 Å². The van der Waals surface area contributed by atoms with E-state index in [1.54, 1.807) is 11.3 Å². The molecule has 55 heavy (non-hydrogen) atoms. The molecule has 0 aliphatic carbocycles. The van der Waals surface area contributed by atoms with Crippen molar-refractivity contribution >= 4 is 31.8 Å². The third-order valence-corrected chi connectivity index (χ3v) is 10.8. The first-order valence-electron chi connectivity index (χ1n) is 18.0. The monoisotopic (exact) mass is 722 g/mol. The molecule has 4 aromatic heterocycles. The van der Waals surface area contributed by atoms with E-state index in [9.17, 15) is 0 Å². The lowest BCUT2D eigenvalue weighted by Gasteiger charge is -2.11. The molecule has 0 aliphatic heterocycles. The third-order valence-electron chi connectivity index (χ3n) is 9.65. The molecule has 0 bridgehead atoms. The van der Waals surface area contributed by atoms with Gasteiger partial charge in [0.25, 0.3) is 0 Å². The number of benzene rings is 6. The molecule has 0 saturated carbocycles. The number of thiophene rings is 1. The van der Waals surface area contributed by atoms with E-state index in [4.69, 9.17) is 24.9 Å². The lowest BCUT2D eigenvalue weighted by atomic mass is 10.0.